The number of benzene rings is 1. The van der Waals surface area contributed by atoms with Gasteiger partial charge in [-0.2, -0.15) is 0 Å². The van der Waals surface area contributed by atoms with Crippen LogP contribution in [0.2, 0.25) is 0 Å². The molecule has 0 aliphatic heterocycles. The van der Waals surface area contributed by atoms with E-state index in [-0.39, 0.29) is 6.42 Å². The number of methoxy groups -OCH3 is 1. The molecule has 5 heteroatoms. The van der Waals surface area contributed by atoms with E-state index in [1.165, 1.54) is 10.8 Å². The van der Waals surface area contributed by atoms with Crippen molar-refractivity contribution in [2.45, 2.75) is 39.2 Å². The Hall–Kier alpha value is -2.56. The van der Waals surface area contributed by atoms with Crippen molar-refractivity contribution in [3.05, 3.63) is 36.2 Å². The van der Waals surface area contributed by atoms with Gasteiger partial charge in [-0.1, -0.05) is 6.42 Å². The quantitative estimate of drug-likeness (QED) is 0.662. The van der Waals surface area contributed by atoms with Crippen LogP contribution in [-0.2, 0) is 11.3 Å². The summed E-state index contributed by atoms with van der Waals surface area (Å²) in [6.07, 6.45) is 4.64. The molecule has 0 unspecified atom stereocenters. The minimum atomic E-state index is -0.725. The van der Waals surface area contributed by atoms with E-state index < -0.39 is 5.97 Å². The first-order valence-electron chi connectivity index (χ1n) is 8.25. The molecule has 0 saturated heterocycles. The number of carboxylic acids is 1. The second-order valence-electron chi connectivity index (χ2n) is 6.03. The van der Waals surface area contributed by atoms with Gasteiger partial charge in [-0.05, 0) is 38.0 Å². The number of unbranched alkanes of at least 4 members (excludes halogenated alkanes) is 2. The number of carboxylic acid groups (broad SMARTS) is 1. The number of aryl methyl sites for hydroxylation is 2. The van der Waals surface area contributed by atoms with Crippen molar-refractivity contribution >= 4 is 27.8 Å². The van der Waals surface area contributed by atoms with Gasteiger partial charge in [-0.3, -0.25) is 9.78 Å². The second-order valence-corrected chi connectivity index (χ2v) is 6.03. The highest BCUT2D eigenvalue weighted by atomic mass is 16.5. The molecule has 2 aromatic heterocycles. The molecule has 24 heavy (non-hydrogen) atoms. The molecule has 0 fully saturated rings. The summed E-state index contributed by atoms with van der Waals surface area (Å²) < 4.78 is 7.67. The molecular weight excluding hydrogens is 304 g/mol. The minimum Gasteiger partial charge on any atom is -0.497 e. The van der Waals surface area contributed by atoms with Crippen LogP contribution in [0.3, 0.4) is 0 Å². The lowest BCUT2D eigenvalue weighted by Gasteiger charge is -2.09. The van der Waals surface area contributed by atoms with Crippen molar-refractivity contribution in [1.29, 1.82) is 0 Å². The van der Waals surface area contributed by atoms with Crippen LogP contribution >= 0.6 is 0 Å². The molecule has 5 nitrogen and oxygen atoms in total. The van der Waals surface area contributed by atoms with Gasteiger partial charge in [-0.15, -0.1) is 0 Å². The first kappa shape index (κ1) is 16.3. The third kappa shape index (κ3) is 3.07. The molecule has 0 amide bonds. The third-order valence-corrected chi connectivity index (χ3v) is 4.44. The fraction of sp³-hybridized carbons (Fsp3) is 0.368. The van der Waals surface area contributed by atoms with Gasteiger partial charge in [0, 0.05) is 36.0 Å². The lowest BCUT2D eigenvalue weighted by atomic mass is 10.1. The first-order valence-corrected chi connectivity index (χ1v) is 8.25. The maximum absolute atomic E-state index is 10.6. The van der Waals surface area contributed by atoms with Crippen LogP contribution in [0.1, 0.15) is 31.4 Å². The topological polar surface area (TPSA) is 64.4 Å². The number of fused-ring (bicyclic) bond motifs is 3. The van der Waals surface area contributed by atoms with Gasteiger partial charge in [0.2, 0.25) is 0 Å². The lowest BCUT2D eigenvalue weighted by molar-refractivity contribution is -0.137. The predicted molar refractivity (Wildman–Crippen MR) is 94.6 cm³/mol. The monoisotopic (exact) mass is 326 g/mol. The van der Waals surface area contributed by atoms with Crippen LogP contribution in [-0.4, -0.2) is 27.7 Å². The zero-order valence-electron chi connectivity index (χ0n) is 14.1. The molecule has 0 bridgehead atoms. The molecule has 3 rings (SSSR count). The van der Waals surface area contributed by atoms with Crippen LogP contribution in [0.4, 0.5) is 0 Å². The smallest absolute Gasteiger partial charge is 0.303 e. The van der Waals surface area contributed by atoms with Gasteiger partial charge in [-0.25, -0.2) is 0 Å². The van der Waals surface area contributed by atoms with E-state index >= 15 is 0 Å². The number of carbonyl (C=O) groups is 1. The Labute approximate surface area is 140 Å². The average molecular weight is 326 g/mol. The normalized spacial score (nSPS) is 11.2. The van der Waals surface area contributed by atoms with Gasteiger partial charge in [0.15, 0.2) is 0 Å². The first-order chi connectivity index (χ1) is 11.6. The minimum absolute atomic E-state index is 0.238. The van der Waals surface area contributed by atoms with Crippen LogP contribution in [0.15, 0.2) is 30.5 Å². The number of hydrogen-bond donors (Lipinski definition) is 1. The van der Waals surface area contributed by atoms with Crippen LogP contribution in [0.25, 0.3) is 21.8 Å². The van der Waals surface area contributed by atoms with E-state index in [1.54, 1.807) is 7.11 Å². The Morgan fingerprint density at radius 3 is 2.79 bits per heavy atom. The molecular formula is C19H22N2O3. The Morgan fingerprint density at radius 2 is 2.04 bits per heavy atom. The summed E-state index contributed by atoms with van der Waals surface area (Å²) in [6.45, 7) is 2.87. The Kier molecular flexibility index (Phi) is 4.69. The number of nitrogens with zero attached hydrogens (tertiary/aromatic N) is 2. The van der Waals surface area contributed by atoms with Crippen molar-refractivity contribution < 1.29 is 14.6 Å². The summed E-state index contributed by atoms with van der Waals surface area (Å²) in [5, 5.41) is 11.1. The van der Waals surface area contributed by atoms with E-state index in [0.717, 1.165) is 41.9 Å². The van der Waals surface area contributed by atoms with Gasteiger partial charge in [0.1, 0.15) is 5.75 Å². The third-order valence-electron chi connectivity index (χ3n) is 4.44. The molecule has 0 radical (unpaired) electrons. The highest BCUT2D eigenvalue weighted by molar-refractivity contribution is 6.09. The summed E-state index contributed by atoms with van der Waals surface area (Å²) >= 11 is 0. The van der Waals surface area contributed by atoms with E-state index in [0.29, 0.717) is 6.42 Å². The van der Waals surface area contributed by atoms with E-state index in [4.69, 9.17) is 9.84 Å². The average Bonchev–Trinajstić information content (AvgIpc) is 2.89. The number of pyridine rings is 1. The fourth-order valence-electron chi connectivity index (χ4n) is 3.28. The predicted octanol–water partition coefficient (Wildman–Crippen LogP) is 4.15. The van der Waals surface area contributed by atoms with Gasteiger partial charge in [0.25, 0.3) is 0 Å². The number of rotatable bonds is 7. The van der Waals surface area contributed by atoms with Crippen LogP contribution < -0.4 is 4.74 Å². The highest BCUT2D eigenvalue weighted by Gasteiger charge is 2.13. The van der Waals surface area contributed by atoms with E-state index in [1.807, 2.05) is 19.2 Å². The standard InChI is InChI=1S/C19H22N2O3/c1-13-19-16(9-10-20-13)15-8-7-14(24-2)12-17(15)21(19)11-5-3-4-6-18(22)23/h7-10,12H,3-6,11H2,1-2H3,(H,22,23). The number of aromatic nitrogens is 2. The van der Waals surface area contributed by atoms with Crippen molar-refractivity contribution in [1.82, 2.24) is 9.55 Å². The SMILES string of the molecule is COc1ccc2c3ccnc(C)c3n(CCCCCC(=O)O)c2c1. The Morgan fingerprint density at radius 1 is 1.21 bits per heavy atom. The molecule has 0 aliphatic carbocycles. The van der Waals surface area contributed by atoms with Crippen molar-refractivity contribution in [3.63, 3.8) is 0 Å². The molecule has 3 aromatic rings. The molecule has 1 aromatic carbocycles. The number of hydrogen-bond acceptors (Lipinski definition) is 3. The molecule has 1 N–H and O–H groups in total. The van der Waals surface area contributed by atoms with Gasteiger partial charge >= 0.3 is 5.97 Å². The zero-order chi connectivity index (χ0) is 17.1. The maximum Gasteiger partial charge on any atom is 0.303 e. The summed E-state index contributed by atoms with van der Waals surface area (Å²) in [5.41, 5.74) is 3.30. The summed E-state index contributed by atoms with van der Waals surface area (Å²) in [4.78, 5) is 15.1. The molecule has 0 atom stereocenters. The molecule has 126 valence electrons. The molecule has 0 saturated carbocycles. The summed E-state index contributed by atoms with van der Waals surface area (Å²) in [6, 6.07) is 8.19. The van der Waals surface area contributed by atoms with E-state index in [9.17, 15) is 4.79 Å². The Bertz CT molecular complexity index is 883. The van der Waals surface area contributed by atoms with Crippen molar-refractivity contribution in [3.8, 4) is 5.75 Å². The molecule has 0 aliphatic rings. The van der Waals surface area contributed by atoms with Gasteiger partial charge in [0.05, 0.1) is 23.8 Å². The fourth-order valence-corrected chi connectivity index (χ4v) is 3.28. The highest BCUT2D eigenvalue weighted by Crippen LogP contribution is 2.32. The van der Waals surface area contributed by atoms with Crippen molar-refractivity contribution in [2.75, 3.05) is 7.11 Å². The summed E-state index contributed by atoms with van der Waals surface area (Å²) in [7, 11) is 1.67. The lowest BCUT2D eigenvalue weighted by Crippen LogP contribution is -2.01. The second kappa shape index (κ2) is 6.91. The van der Waals surface area contributed by atoms with Crippen molar-refractivity contribution in [2.24, 2.45) is 0 Å². The number of aliphatic carboxylic acids is 1. The van der Waals surface area contributed by atoms with E-state index in [2.05, 4.69) is 27.8 Å². The zero-order valence-corrected chi connectivity index (χ0v) is 14.1. The summed E-state index contributed by atoms with van der Waals surface area (Å²) in [5.74, 6) is 0.111. The molecule has 0 spiro atoms. The van der Waals surface area contributed by atoms with Crippen LogP contribution in [0, 0.1) is 6.92 Å². The Balaban J connectivity index is 1.97. The largest absolute Gasteiger partial charge is 0.497 e. The number of ether oxygens (including phenoxy) is 1. The van der Waals surface area contributed by atoms with Gasteiger partial charge < -0.3 is 14.4 Å². The maximum atomic E-state index is 10.6. The van der Waals surface area contributed by atoms with Crippen LogP contribution in [0.5, 0.6) is 5.75 Å². The molecule has 2 heterocycles.